The molecule has 0 spiro atoms. The zero-order valence-corrected chi connectivity index (χ0v) is 12.1. The minimum Gasteiger partial charge on any atom is -0.395 e. The van der Waals surface area contributed by atoms with Crippen LogP contribution < -0.4 is 11.1 Å². The molecule has 6 heteroatoms. The number of thiophene rings is 1. The summed E-state index contributed by atoms with van der Waals surface area (Å²) >= 11 is 1.75. The lowest BCUT2D eigenvalue weighted by atomic mass is 10.2. The molecule has 102 valence electrons. The number of amides is 1. The van der Waals surface area contributed by atoms with Crippen LogP contribution in [0.5, 0.6) is 0 Å². The van der Waals surface area contributed by atoms with Gasteiger partial charge in [0.05, 0.1) is 11.4 Å². The molecular weight excluding hydrogens is 260 g/mol. The van der Waals surface area contributed by atoms with E-state index in [1.54, 1.807) is 18.3 Å². The van der Waals surface area contributed by atoms with Gasteiger partial charge in [-0.25, -0.2) is 0 Å². The van der Waals surface area contributed by atoms with Crippen molar-refractivity contribution in [3.8, 4) is 0 Å². The number of nitrogens with two attached hydrogens (primary N) is 1. The van der Waals surface area contributed by atoms with Crippen LogP contribution in [0.4, 0.5) is 5.69 Å². The first-order chi connectivity index (χ1) is 8.97. The molecule has 2 aromatic rings. The van der Waals surface area contributed by atoms with Crippen molar-refractivity contribution in [3.05, 3.63) is 33.3 Å². The van der Waals surface area contributed by atoms with E-state index in [0.717, 1.165) is 6.42 Å². The number of aryl methyl sites for hydroxylation is 2. The molecule has 1 unspecified atom stereocenters. The van der Waals surface area contributed by atoms with E-state index in [9.17, 15) is 4.79 Å². The molecule has 2 rings (SSSR count). The van der Waals surface area contributed by atoms with Crippen LogP contribution in [0.15, 0.2) is 12.1 Å². The Labute approximate surface area is 116 Å². The van der Waals surface area contributed by atoms with Crippen molar-refractivity contribution in [2.24, 2.45) is 0 Å². The van der Waals surface area contributed by atoms with Crippen molar-refractivity contribution in [1.29, 1.82) is 0 Å². The van der Waals surface area contributed by atoms with Gasteiger partial charge in [-0.15, -0.1) is 11.3 Å². The van der Waals surface area contributed by atoms with Crippen LogP contribution >= 0.6 is 11.3 Å². The summed E-state index contributed by atoms with van der Waals surface area (Å²) in [5.41, 5.74) is 7.18. The number of rotatable bonds is 4. The van der Waals surface area contributed by atoms with Gasteiger partial charge in [-0.05, 0) is 32.9 Å². The average molecular weight is 278 g/mol. The number of nitrogen functional groups attached to an aromatic ring is 1. The molecule has 1 amide bonds. The maximum atomic E-state index is 12.0. The van der Waals surface area contributed by atoms with E-state index < -0.39 is 0 Å². The quantitative estimate of drug-likeness (QED) is 0.800. The zero-order valence-electron chi connectivity index (χ0n) is 11.3. The normalized spacial score (nSPS) is 12.4. The van der Waals surface area contributed by atoms with Crippen molar-refractivity contribution >= 4 is 22.9 Å². The van der Waals surface area contributed by atoms with Crippen LogP contribution in [0.2, 0.25) is 0 Å². The van der Waals surface area contributed by atoms with Crippen LogP contribution in [-0.2, 0) is 6.42 Å². The monoisotopic (exact) mass is 278 g/mol. The molecule has 0 aliphatic carbocycles. The van der Waals surface area contributed by atoms with Gasteiger partial charge in [0.15, 0.2) is 5.69 Å². The first-order valence-electron chi connectivity index (χ1n) is 6.14. The summed E-state index contributed by atoms with van der Waals surface area (Å²) in [5.74, 6) is -0.234. The summed E-state index contributed by atoms with van der Waals surface area (Å²) in [4.78, 5) is 14.6. The van der Waals surface area contributed by atoms with Crippen LogP contribution in [0, 0.1) is 13.8 Å². The Bertz CT molecular complexity index is 587. The number of H-pyrrole nitrogens is 1. The molecule has 1 atom stereocenters. The molecule has 0 saturated carbocycles. The lowest BCUT2D eigenvalue weighted by Crippen LogP contribution is -2.34. The van der Waals surface area contributed by atoms with Crippen LogP contribution in [0.25, 0.3) is 0 Å². The molecule has 2 aromatic heterocycles. The first-order valence-corrected chi connectivity index (χ1v) is 6.95. The van der Waals surface area contributed by atoms with Crippen LogP contribution in [-0.4, -0.2) is 22.1 Å². The molecule has 0 radical (unpaired) electrons. The van der Waals surface area contributed by atoms with Gasteiger partial charge in [-0.1, -0.05) is 0 Å². The van der Waals surface area contributed by atoms with Crippen molar-refractivity contribution in [3.63, 3.8) is 0 Å². The molecule has 2 heterocycles. The van der Waals surface area contributed by atoms with Gasteiger partial charge in [0.2, 0.25) is 0 Å². The highest BCUT2D eigenvalue weighted by Crippen LogP contribution is 2.17. The smallest absolute Gasteiger partial charge is 0.274 e. The summed E-state index contributed by atoms with van der Waals surface area (Å²) in [5, 5.41) is 9.54. The standard InChI is InChI=1S/C13H18N4OS/c1-7(6-10-5-4-8(2)19-10)15-13(18)12-11(14)9(3)16-17-12/h4-5,7H,6,14H2,1-3H3,(H,15,18)(H,16,17). The number of hydrogen-bond donors (Lipinski definition) is 3. The van der Waals surface area contributed by atoms with Gasteiger partial charge in [0.25, 0.3) is 5.91 Å². The van der Waals surface area contributed by atoms with Gasteiger partial charge in [0.1, 0.15) is 0 Å². The van der Waals surface area contributed by atoms with Crippen molar-refractivity contribution < 1.29 is 4.79 Å². The number of hydrogen-bond acceptors (Lipinski definition) is 4. The number of carbonyl (C=O) groups is 1. The maximum Gasteiger partial charge on any atom is 0.274 e. The second kappa shape index (κ2) is 5.44. The predicted molar refractivity (Wildman–Crippen MR) is 77.4 cm³/mol. The van der Waals surface area contributed by atoms with E-state index in [0.29, 0.717) is 11.4 Å². The molecule has 0 aliphatic heterocycles. The third kappa shape index (κ3) is 3.14. The summed E-state index contributed by atoms with van der Waals surface area (Å²) in [6.07, 6.45) is 0.813. The van der Waals surface area contributed by atoms with E-state index >= 15 is 0 Å². The number of nitrogens with zero attached hydrogens (tertiary/aromatic N) is 1. The number of nitrogens with one attached hydrogen (secondary N) is 2. The predicted octanol–water partition coefficient (Wildman–Crippen LogP) is 2.03. The Balaban J connectivity index is 1.97. The molecule has 4 N–H and O–H groups in total. The molecule has 5 nitrogen and oxygen atoms in total. The Kier molecular flexibility index (Phi) is 3.90. The minimum atomic E-state index is -0.234. The van der Waals surface area contributed by atoms with Gasteiger partial charge < -0.3 is 11.1 Å². The molecule has 19 heavy (non-hydrogen) atoms. The Morgan fingerprint density at radius 2 is 2.26 bits per heavy atom. The topological polar surface area (TPSA) is 83.8 Å². The molecule has 0 aromatic carbocycles. The van der Waals surface area contributed by atoms with E-state index in [4.69, 9.17) is 5.73 Å². The Morgan fingerprint density at radius 3 is 2.79 bits per heavy atom. The SMILES string of the molecule is Cc1ccc(CC(C)NC(=O)c2n[nH]c(C)c2N)s1. The molecular formula is C13H18N4OS. The number of aromatic amines is 1. The van der Waals surface area contributed by atoms with Gasteiger partial charge in [-0.3, -0.25) is 9.89 Å². The average Bonchev–Trinajstić information content (AvgIpc) is 2.87. The van der Waals surface area contributed by atoms with E-state index in [2.05, 4.69) is 34.6 Å². The van der Waals surface area contributed by atoms with Gasteiger partial charge in [0, 0.05) is 22.2 Å². The summed E-state index contributed by atoms with van der Waals surface area (Å²) in [6, 6.07) is 4.22. The van der Waals surface area contributed by atoms with Crippen molar-refractivity contribution in [1.82, 2.24) is 15.5 Å². The molecule has 0 bridgehead atoms. The fourth-order valence-electron chi connectivity index (χ4n) is 1.85. The van der Waals surface area contributed by atoms with Gasteiger partial charge in [-0.2, -0.15) is 5.10 Å². The first kappa shape index (κ1) is 13.6. The maximum absolute atomic E-state index is 12.0. The van der Waals surface area contributed by atoms with Crippen molar-refractivity contribution in [2.45, 2.75) is 33.2 Å². The summed E-state index contributed by atoms with van der Waals surface area (Å²) in [7, 11) is 0. The second-order valence-electron chi connectivity index (χ2n) is 4.70. The lowest BCUT2D eigenvalue weighted by Gasteiger charge is -2.12. The van der Waals surface area contributed by atoms with Crippen LogP contribution in [0.1, 0.15) is 32.9 Å². The number of anilines is 1. The van der Waals surface area contributed by atoms with Crippen molar-refractivity contribution in [2.75, 3.05) is 5.73 Å². The third-order valence-electron chi connectivity index (χ3n) is 2.89. The molecule has 0 fully saturated rings. The number of aromatic nitrogens is 2. The van der Waals surface area contributed by atoms with Gasteiger partial charge >= 0.3 is 0 Å². The summed E-state index contributed by atoms with van der Waals surface area (Å²) in [6.45, 7) is 5.84. The molecule has 0 saturated heterocycles. The fraction of sp³-hybridized carbons (Fsp3) is 0.385. The largest absolute Gasteiger partial charge is 0.395 e. The van der Waals surface area contributed by atoms with E-state index in [-0.39, 0.29) is 17.6 Å². The third-order valence-corrected chi connectivity index (χ3v) is 3.91. The van der Waals surface area contributed by atoms with E-state index in [1.807, 2.05) is 6.92 Å². The highest BCUT2D eigenvalue weighted by molar-refractivity contribution is 7.11. The molecule has 0 aliphatic rings. The highest BCUT2D eigenvalue weighted by atomic mass is 32.1. The van der Waals surface area contributed by atoms with E-state index in [1.165, 1.54) is 9.75 Å². The lowest BCUT2D eigenvalue weighted by molar-refractivity contribution is 0.0936. The van der Waals surface area contributed by atoms with Crippen LogP contribution in [0.3, 0.4) is 0 Å². The Hall–Kier alpha value is -1.82. The zero-order chi connectivity index (χ0) is 14.0. The Morgan fingerprint density at radius 1 is 1.53 bits per heavy atom. The minimum absolute atomic E-state index is 0.0435. The highest BCUT2D eigenvalue weighted by Gasteiger charge is 2.17. The second-order valence-corrected chi connectivity index (χ2v) is 6.07. The fourth-order valence-corrected chi connectivity index (χ4v) is 2.87. The number of carbonyl (C=O) groups excluding carboxylic acids is 1. The summed E-state index contributed by atoms with van der Waals surface area (Å²) < 4.78 is 0.